The van der Waals surface area contributed by atoms with Gasteiger partial charge in [-0.15, -0.1) is 0 Å². The fraction of sp³-hybridized carbons (Fsp3) is 0.800. The predicted molar refractivity (Wildman–Crippen MR) is 85.8 cm³/mol. The molecule has 0 bridgehead atoms. The van der Waals surface area contributed by atoms with Gasteiger partial charge in [0, 0.05) is 12.1 Å². The Hall–Kier alpha value is -0.450. The van der Waals surface area contributed by atoms with Crippen molar-refractivity contribution in [3.8, 4) is 0 Å². The van der Waals surface area contributed by atoms with E-state index < -0.39 is 5.60 Å². The van der Waals surface area contributed by atoms with E-state index in [0.29, 0.717) is 18.1 Å². The summed E-state index contributed by atoms with van der Waals surface area (Å²) in [4.78, 5) is 13.9. The summed E-state index contributed by atoms with van der Waals surface area (Å²) in [5, 5.41) is 0.457. The number of hydrogen-bond donors (Lipinski definition) is 0. The van der Waals surface area contributed by atoms with Crippen LogP contribution in [0.4, 0.5) is 4.79 Å². The summed E-state index contributed by atoms with van der Waals surface area (Å²) in [7, 11) is 0. The molecular formula is C15H25Cl2NO3. The monoisotopic (exact) mass is 337 g/mol. The number of likely N-dealkylation sites (tertiary alicyclic amines) is 1. The largest absolute Gasteiger partial charge is 0.444 e. The minimum Gasteiger partial charge on any atom is -0.444 e. The number of ether oxygens (including phenoxy) is 2. The van der Waals surface area contributed by atoms with Crippen LogP contribution in [-0.4, -0.2) is 41.9 Å². The van der Waals surface area contributed by atoms with Gasteiger partial charge in [0.05, 0.1) is 23.8 Å². The van der Waals surface area contributed by atoms with Gasteiger partial charge in [0.2, 0.25) is 0 Å². The third kappa shape index (κ3) is 6.05. The van der Waals surface area contributed by atoms with Gasteiger partial charge in [0.1, 0.15) is 5.60 Å². The molecule has 4 nitrogen and oxygen atoms in total. The first-order chi connectivity index (χ1) is 9.71. The lowest BCUT2D eigenvalue weighted by Crippen LogP contribution is -2.52. The Morgan fingerprint density at radius 2 is 2.10 bits per heavy atom. The molecule has 1 fully saturated rings. The fourth-order valence-corrected chi connectivity index (χ4v) is 2.46. The minimum atomic E-state index is -0.491. The number of halogens is 2. The molecule has 0 saturated carbocycles. The highest BCUT2D eigenvalue weighted by Crippen LogP contribution is 2.30. The first kappa shape index (κ1) is 18.6. The molecule has 122 valence electrons. The van der Waals surface area contributed by atoms with Crippen molar-refractivity contribution in [1.29, 1.82) is 0 Å². The molecule has 6 heteroatoms. The van der Waals surface area contributed by atoms with E-state index in [1.54, 1.807) is 4.90 Å². The highest BCUT2D eigenvalue weighted by atomic mass is 35.5. The second kappa shape index (κ2) is 7.70. The summed E-state index contributed by atoms with van der Waals surface area (Å²) in [6.07, 6.45) is 2.30. The molecule has 0 N–H and O–H groups in total. The number of carbonyl (C=O) groups is 1. The lowest BCUT2D eigenvalue weighted by Gasteiger charge is -2.42. The van der Waals surface area contributed by atoms with Gasteiger partial charge in [-0.2, -0.15) is 0 Å². The zero-order valence-electron chi connectivity index (χ0n) is 13.2. The third-order valence-corrected chi connectivity index (χ3v) is 4.06. The summed E-state index contributed by atoms with van der Waals surface area (Å²) in [6.45, 7) is 9.12. The van der Waals surface area contributed by atoms with E-state index in [1.165, 1.54) is 5.54 Å². The highest BCUT2D eigenvalue weighted by Gasteiger charge is 2.38. The number of amides is 1. The Labute approximate surface area is 137 Å². The van der Waals surface area contributed by atoms with Crippen LogP contribution in [0.3, 0.4) is 0 Å². The van der Waals surface area contributed by atoms with Crippen molar-refractivity contribution in [1.82, 2.24) is 4.90 Å². The van der Waals surface area contributed by atoms with Crippen LogP contribution in [0.5, 0.6) is 0 Å². The first-order valence-corrected chi connectivity index (χ1v) is 8.09. The van der Waals surface area contributed by atoms with Crippen molar-refractivity contribution < 1.29 is 14.3 Å². The highest BCUT2D eigenvalue weighted by molar-refractivity contribution is 6.36. The third-order valence-electron chi connectivity index (χ3n) is 3.47. The fourth-order valence-electron chi connectivity index (χ4n) is 2.34. The molecule has 1 unspecified atom stereocenters. The average molecular weight is 338 g/mol. The summed E-state index contributed by atoms with van der Waals surface area (Å²) >= 11 is 11.4. The van der Waals surface area contributed by atoms with E-state index in [9.17, 15) is 4.79 Å². The van der Waals surface area contributed by atoms with Gasteiger partial charge >= 0.3 is 6.09 Å². The maximum atomic E-state index is 12.2. The second-order valence-electron chi connectivity index (χ2n) is 6.39. The topological polar surface area (TPSA) is 38.8 Å². The maximum absolute atomic E-state index is 12.2. The molecule has 0 radical (unpaired) electrons. The quantitative estimate of drug-likeness (QED) is 0.757. The molecule has 0 aromatic heterocycles. The average Bonchev–Trinajstić information content (AvgIpc) is 2.43. The zero-order chi connectivity index (χ0) is 16.1. The number of hydrogen-bond acceptors (Lipinski definition) is 3. The Morgan fingerprint density at radius 1 is 1.43 bits per heavy atom. The lowest BCUT2D eigenvalue weighted by molar-refractivity contribution is -0.0844. The van der Waals surface area contributed by atoms with Crippen LogP contribution in [0, 0.1) is 0 Å². The van der Waals surface area contributed by atoms with E-state index in [2.05, 4.69) is 6.92 Å². The smallest absolute Gasteiger partial charge is 0.410 e. The van der Waals surface area contributed by atoms with Crippen LogP contribution in [0.2, 0.25) is 0 Å². The molecule has 0 aliphatic carbocycles. The van der Waals surface area contributed by atoms with E-state index in [0.717, 1.165) is 19.3 Å². The number of nitrogens with zero attached hydrogens (tertiary/aromatic N) is 1. The molecule has 1 heterocycles. The van der Waals surface area contributed by atoms with Gasteiger partial charge in [0.25, 0.3) is 0 Å². The van der Waals surface area contributed by atoms with Crippen molar-refractivity contribution in [3.05, 3.63) is 10.6 Å². The van der Waals surface area contributed by atoms with Gasteiger partial charge in [0.15, 0.2) is 0 Å². The van der Waals surface area contributed by atoms with Gasteiger partial charge in [-0.25, -0.2) is 4.79 Å². The minimum absolute atomic E-state index is 0.265. The van der Waals surface area contributed by atoms with Gasteiger partial charge < -0.3 is 14.4 Å². The summed E-state index contributed by atoms with van der Waals surface area (Å²) in [5.74, 6) is 0. The van der Waals surface area contributed by atoms with Crippen molar-refractivity contribution >= 4 is 29.3 Å². The molecule has 1 saturated heterocycles. The standard InChI is InChI=1S/C15H25Cl2NO3/c1-5-15(20-10-12(17)9-16)7-6-8-18(11-15)13(19)21-14(2,3)4/h9H,5-8,10-11H2,1-4H3. The Bertz CT molecular complexity index is 393. The second-order valence-corrected chi connectivity index (χ2v) is 7.09. The molecule has 1 rings (SSSR count). The Kier molecular flexibility index (Phi) is 6.82. The van der Waals surface area contributed by atoms with Crippen molar-refractivity contribution in [3.63, 3.8) is 0 Å². The van der Waals surface area contributed by atoms with Crippen LogP contribution in [0.25, 0.3) is 0 Å². The van der Waals surface area contributed by atoms with E-state index >= 15 is 0 Å². The predicted octanol–water partition coefficient (Wildman–Crippen LogP) is 4.50. The molecule has 0 aromatic rings. The Balaban J connectivity index is 2.69. The van der Waals surface area contributed by atoms with Gasteiger partial charge in [-0.3, -0.25) is 0 Å². The van der Waals surface area contributed by atoms with Crippen LogP contribution < -0.4 is 0 Å². The summed E-state index contributed by atoms with van der Waals surface area (Å²) < 4.78 is 11.4. The van der Waals surface area contributed by atoms with Crippen LogP contribution >= 0.6 is 23.2 Å². The molecule has 1 aliphatic heterocycles. The zero-order valence-corrected chi connectivity index (χ0v) is 14.8. The van der Waals surface area contributed by atoms with E-state index in [1.807, 2.05) is 20.8 Å². The molecular weight excluding hydrogens is 313 g/mol. The van der Waals surface area contributed by atoms with Gasteiger partial charge in [-0.05, 0) is 40.0 Å². The molecule has 1 atom stereocenters. The normalized spacial score (nSPS) is 24.1. The lowest BCUT2D eigenvalue weighted by atomic mass is 9.90. The summed E-state index contributed by atoms with van der Waals surface area (Å²) in [5.41, 5.74) is 0.434. The molecule has 0 aromatic carbocycles. The summed E-state index contributed by atoms with van der Waals surface area (Å²) in [6, 6.07) is 0. The van der Waals surface area contributed by atoms with Gasteiger partial charge in [-0.1, -0.05) is 30.1 Å². The number of piperidine rings is 1. The molecule has 1 amide bonds. The number of rotatable bonds is 4. The van der Waals surface area contributed by atoms with Crippen molar-refractivity contribution in [2.75, 3.05) is 19.7 Å². The maximum Gasteiger partial charge on any atom is 0.410 e. The van der Waals surface area contributed by atoms with Crippen LogP contribution in [0.15, 0.2) is 10.6 Å². The first-order valence-electron chi connectivity index (χ1n) is 7.28. The van der Waals surface area contributed by atoms with Crippen LogP contribution in [0.1, 0.15) is 47.0 Å². The Morgan fingerprint density at radius 3 is 2.62 bits per heavy atom. The molecule has 1 aliphatic rings. The van der Waals surface area contributed by atoms with E-state index in [-0.39, 0.29) is 18.3 Å². The molecule has 21 heavy (non-hydrogen) atoms. The number of carbonyl (C=O) groups excluding carboxylic acids is 1. The van der Waals surface area contributed by atoms with Crippen LogP contribution in [-0.2, 0) is 9.47 Å². The molecule has 0 spiro atoms. The van der Waals surface area contributed by atoms with Crippen molar-refractivity contribution in [2.24, 2.45) is 0 Å². The SMILES string of the molecule is CCC1(OCC(Cl)=CCl)CCCN(C(=O)OC(C)(C)C)C1. The van der Waals surface area contributed by atoms with Crippen molar-refractivity contribution in [2.45, 2.75) is 58.2 Å². The van der Waals surface area contributed by atoms with E-state index in [4.69, 9.17) is 32.7 Å².